The second-order valence-electron chi connectivity index (χ2n) is 5.49. The average molecular weight is 348 g/mol. The molecule has 0 aliphatic carbocycles. The summed E-state index contributed by atoms with van der Waals surface area (Å²) in [6.07, 6.45) is 0.976. The van der Waals surface area contributed by atoms with Crippen LogP contribution in [0.15, 0.2) is 42.5 Å². The van der Waals surface area contributed by atoms with Crippen molar-refractivity contribution >= 4 is 17.5 Å². The van der Waals surface area contributed by atoms with Crippen molar-refractivity contribution < 1.29 is 14.3 Å². The van der Waals surface area contributed by atoms with Crippen molar-refractivity contribution in [3.8, 4) is 11.5 Å². The van der Waals surface area contributed by atoms with Crippen LogP contribution < -0.4 is 9.47 Å². The highest BCUT2D eigenvalue weighted by atomic mass is 35.5. The van der Waals surface area contributed by atoms with Crippen molar-refractivity contribution in [2.75, 3.05) is 20.8 Å². The lowest BCUT2D eigenvalue weighted by Crippen LogP contribution is -2.31. The van der Waals surface area contributed by atoms with Crippen molar-refractivity contribution in [3.05, 3.63) is 58.6 Å². The van der Waals surface area contributed by atoms with Gasteiger partial charge in [-0.25, -0.2) is 0 Å². The molecule has 2 aromatic rings. The van der Waals surface area contributed by atoms with E-state index in [0.717, 1.165) is 12.0 Å². The monoisotopic (exact) mass is 347 g/mol. The van der Waals surface area contributed by atoms with Crippen LogP contribution in [0.4, 0.5) is 0 Å². The summed E-state index contributed by atoms with van der Waals surface area (Å²) in [5.41, 5.74) is 2.09. The van der Waals surface area contributed by atoms with Gasteiger partial charge >= 0.3 is 0 Å². The van der Waals surface area contributed by atoms with Crippen molar-refractivity contribution in [1.82, 2.24) is 4.90 Å². The van der Waals surface area contributed by atoms with Crippen LogP contribution in [-0.4, -0.2) is 31.6 Å². The van der Waals surface area contributed by atoms with Crippen LogP contribution in [0.5, 0.6) is 11.5 Å². The van der Waals surface area contributed by atoms with Crippen LogP contribution in [0.25, 0.3) is 0 Å². The van der Waals surface area contributed by atoms with Crippen molar-refractivity contribution in [2.24, 2.45) is 0 Å². The molecule has 0 N–H and O–H groups in total. The van der Waals surface area contributed by atoms with Crippen LogP contribution in [0.1, 0.15) is 18.1 Å². The van der Waals surface area contributed by atoms with Crippen molar-refractivity contribution in [2.45, 2.75) is 19.9 Å². The first-order valence-electron chi connectivity index (χ1n) is 7.81. The van der Waals surface area contributed by atoms with Gasteiger partial charge < -0.3 is 14.4 Å². The highest BCUT2D eigenvalue weighted by molar-refractivity contribution is 6.30. The third kappa shape index (κ3) is 4.90. The van der Waals surface area contributed by atoms with Crippen molar-refractivity contribution in [3.63, 3.8) is 0 Å². The Bertz CT molecular complexity index is 686. The molecule has 0 radical (unpaired) electrons. The van der Waals surface area contributed by atoms with E-state index in [2.05, 4.69) is 6.92 Å². The second-order valence-corrected chi connectivity index (χ2v) is 5.93. The summed E-state index contributed by atoms with van der Waals surface area (Å²) in [4.78, 5) is 13.8. The molecule has 0 saturated heterocycles. The van der Waals surface area contributed by atoms with Crippen molar-refractivity contribution in [1.29, 1.82) is 0 Å². The number of nitrogens with zero attached hydrogens (tertiary/aromatic N) is 1. The fourth-order valence-corrected chi connectivity index (χ4v) is 2.49. The summed E-state index contributed by atoms with van der Waals surface area (Å²) in [6, 6.07) is 13.1. The zero-order valence-electron chi connectivity index (χ0n) is 14.2. The van der Waals surface area contributed by atoms with E-state index in [-0.39, 0.29) is 12.5 Å². The van der Waals surface area contributed by atoms with E-state index < -0.39 is 0 Å². The first-order valence-corrected chi connectivity index (χ1v) is 8.19. The molecule has 0 saturated carbocycles. The Labute approximate surface area is 147 Å². The largest absolute Gasteiger partial charge is 0.496 e. The lowest BCUT2D eigenvalue weighted by molar-refractivity contribution is -0.132. The summed E-state index contributed by atoms with van der Waals surface area (Å²) in [7, 11) is 3.32. The molecule has 4 nitrogen and oxygen atoms in total. The standard InChI is InChI=1S/C19H22ClNO3/c1-4-14-5-8-17(9-6-14)24-13-19(22)21(2)12-15-11-16(20)7-10-18(15)23-3/h5-11H,4,12-13H2,1-3H3. The molecule has 0 bridgehead atoms. The van der Waals surface area contributed by atoms with Crippen LogP contribution in [0.3, 0.4) is 0 Å². The maximum atomic E-state index is 12.3. The maximum absolute atomic E-state index is 12.3. The maximum Gasteiger partial charge on any atom is 0.260 e. The number of amides is 1. The zero-order chi connectivity index (χ0) is 17.5. The molecule has 0 heterocycles. The first-order chi connectivity index (χ1) is 11.5. The topological polar surface area (TPSA) is 38.8 Å². The number of hydrogen-bond acceptors (Lipinski definition) is 3. The van der Waals surface area contributed by atoms with Gasteiger partial charge in [0.25, 0.3) is 5.91 Å². The highest BCUT2D eigenvalue weighted by Crippen LogP contribution is 2.23. The first kappa shape index (κ1) is 18.1. The molecule has 5 heteroatoms. The van der Waals surface area contributed by atoms with Gasteiger partial charge in [-0.3, -0.25) is 4.79 Å². The molecule has 2 aromatic carbocycles. The average Bonchev–Trinajstić information content (AvgIpc) is 2.60. The Morgan fingerprint density at radius 2 is 1.88 bits per heavy atom. The predicted octanol–water partition coefficient (Wildman–Crippen LogP) is 3.95. The number of carbonyl (C=O) groups is 1. The minimum absolute atomic E-state index is 0.00907. The molecule has 1 amide bonds. The van der Waals surface area contributed by atoms with Gasteiger partial charge in [0.1, 0.15) is 11.5 Å². The Hall–Kier alpha value is -2.20. The van der Waals surface area contributed by atoms with Gasteiger partial charge in [0.2, 0.25) is 0 Å². The molecule has 0 fully saturated rings. The number of methoxy groups -OCH3 is 1. The van der Waals surface area contributed by atoms with E-state index >= 15 is 0 Å². The van der Waals surface area contributed by atoms with Crippen LogP contribution in [0.2, 0.25) is 5.02 Å². The van der Waals surface area contributed by atoms with Crippen LogP contribution >= 0.6 is 11.6 Å². The molecule has 0 aliphatic rings. The summed E-state index contributed by atoms with van der Waals surface area (Å²) in [5.74, 6) is 1.28. The van der Waals surface area contributed by atoms with Gasteiger partial charge in [-0.1, -0.05) is 30.7 Å². The lowest BCUT2D eigenvalue weighted by Gasteiger charge is -2.19. The molecule has 0 unspecified atom stereocenters. The quantitative estimate of drug-likeness (QED) is 0.761. The van der Waals surface area contributed by atoms with E-state index in [4.69, 9.17) is 21.1 Å². The van der Waals surface area contributed by atoms with E-state index in [1.165, 1.54) is 5.56 Å². The third-order valence-corrected chi connectivity index (χ3v) is 4.00. The summed E-state index contributed by atoms with van der Waals surface area (Å²) in [5, 5.41) is 0.610. The molecule has 0 atom stereocenters. The van der Waals surface area contributed by atoms with Gasteiger partial charge in [0.15, 0.2) is 6.61 Å². The number of ether oxygens (including phenoxy) is 2. The molecule has 0 spiro atoms. The van der Waals surface area contributed by atoms with Crippen LogP contribution in [-0.2, 0) is 17.8 Å². The van der Waals surface area contributed by atoms with Gasteiger partial charge in [-0.15, -0.1) is 0 Å². The molecule has 0 aromatic heterocycles. The zero-order valence-corrected chi connectivity index (χ0v) is 15.0. The molecule has 128 valence electrons. The molecule has 2 rings (SSSR count). The normalized spacial score (nSPS) is 10.3. The van der Waals surface area contributed by atoms with E-state index in [9.17, 15) is 4.79 Å². The number of carbonyl (C=O) groups excluding carboxylic acids is 1. The van der Waals surface area contributed by atoms with Gasteiger partial charge in [-0.2, -0.15) is 0 Å². The van der Waals surface area contributed by atoms with Crippen LogP contribution in [0, 0.1) is 0 Å². The predicted molar refractivity (Wildman–Crippen MR) is 95.8 cm³/mol. The highest BCUT2D eigenvalue weighted by Gasteiger charge is 2.13. The molecule has 24 heavy (non-hydrogen) atoms. The molecular formula is C19H22ClNO3. The van der Waals surface area contributed by atoms with Gasteiger partial charge in [0, 0.05) is 24.2 Å². The van der Waals surface area contributed by atoms with Gasteiger partial charge in [-0.05, 0) is 42.3 Å². The third-order valence-electron chi connectivity index (χ3n) is 3.77. The SMILES string of the molecule is CCc1ccc(OCC(=O)N(C)Cc2cc(Cl)ccc2OC)cc1. The Morgan fingerprint density at radius 1 is 1.17 bits per heavy atom. The number of rotatable bonds is 7. The minimum Gasteiger partial charge on any atom is -0.496 e. The molecule has 0 aliphatic heterocycles. The van der Waals surface area contributed by atoms with E-state index in [1.807, 2.05) is 24.3 Å². The summed E-state index contributed by atoms with van der Waals surface area (Å²) >= 11 is 6.02. The van der Waals surface area contributed by atoms with E-state index in [0.29, 0.717) is 23.1 Å². The summed E-state index contributed by atoms with van der Waals surface area (Å²) in [6.45, 7) is 2.49. The number of benzene rings is 2. The minimum atomic E-state index is -0.114. The number of likely N-dealkylation sites (N-methyl/N-ethyl adjacent to an activating group) is 1. The number of halogens is 1. The fraction of sp³-hybridized carbons (Fsp3) is 0.316. The smallest absolute Gasteiger partial charge is 0.260 e. The number of aryl methyl sites for hydroxylation is 1. The number of hydrogen-bond donors (Lipinski definition) is 0. The Balaban J connectivity index is 1.93. The fourth-order valence-electron chi connectivity index (χ4n) is 2.29. The Morgan fingerprint density at radius 3 is 2.50 bits per heavy atom. The second kappa shape index (κ2) is 8.60. The van der Waals surface area contributed by atoms with E-state index in [1.54, 1.807) is 37.3 Å². The molecular weight excluding hydrogens is 326 g/mol. The summed E-state index contributed by atoms with van der Waals surface area (Å²) < 4.78 is 10.9. The Kier molecular flexibility index (Phi) is 6.50. The lowest BCUT2D eigenvalue weighted by atomic mass is 10.2. The van der Waals surface area contributed by atoms with Gasteiger partial charge in [0.05, 0.1) is 7.11 Å².